The topological polar surface area (TPSA) is 64.3 Å². The van der Waals surface area contributed by atoms with E-state index in [1.54, 1.807) is 18.5 Å². The molecule has 118 valence electrons. The summed E-state index contributed by atoms with van der Waals surface area (Å²) in [5, 5.41) is 4.38. The van der Waals surface area contributed by atoms with Gasteiger partial charge in [0.2, 0.25) is 5.89 Å². The van der Waals surface area contributed by atoms with Gasteiger partial charge in [0, 0.05) is 18.5 Å². The number of hydrogen-bond donors (Lipinski definition) is 0. The van der Waals surface area contributed by atoms with Crippen molar-refractivity contribution in [1.82, 2.24) is 20.0 Å². The first-order valence-electron chi connectivity index (χ1n) is 7.44. The van der Waals surface area contributed by atoms with E-state index in [1.165, 1.54) is 0 Å². The fourth-order valence-electron chi connectivity index (χ4n) is 2.59. The van der Waals surface area contributed by atoms with Crippen LogP contribution in [0.1, 0.15) is 24.6 Å². The predicted molar refractivity (Wildman–Crippen MR) is 81.8 cm³/mol. The van der Waals surface area contributed by atoms with Gasteiger partial charge in [0.15, 0.2) is 5.82 Å². The van der Waals surface area contributed by atoms with E-state index in [0.717, 1.165) is 32.5 Å². The molecule has 3 rings (SSSR count). The smallest absolute Gasteiger partial charge is 0.240 e. The lowest BCUT2D eigenvalue weighted by atomic mass is 9.98. The molecule has 1 aliphatic rings. The molecule has 0 radical (unpaired) electrons. The predicted octanol–water partition coefficient (Wildman–Crippen LogP) is 2.72. The molecule has 1 fully saturated rings. The van der Waals surface area contributed by atoms with Gasteiger partial charge in [-0.25, -0.2) is 0 Å². The molecule has 0 unspecified atom stereocenters. The highest BCUT2D eigenvalue weighted by Crippen LogP contribution is 2.25. The number of piperidine rings is 1. The Balaban J connectivity index is 1.43. The van der Waals surface area contributed by atoms with Crippen LogP contribution in [-0.2, 0) is 6.54 Å². The van der Waals surface area contributed by atoms with Gasteiger partial charge in [0.05, 0.1) is 13.2 Å². The van der Waals surface area contributed by atoms with Gasteiger partial charge in [-0.2, -0.15) is 4.98 Å². The minimum Gasteiger partial charge on any atom is -0.492 e. The molecule has 0 atom stereocenters. The summed E-state index contributed by atoms with van der Waals surface area (Å²) in [4.78, 5) is 10.5. The standard InChI is InChI=1S/C15H19ClN4O2/c1-11-18-15(22-19-11)9-20-6-3-12(4-7-20)10-21-14-2-5-17-8-13(14)16/h2,5,8,12H,3-4,6-7,9-10H2,1H3. The second-order valence-electron chi connectivity index (χ2n) is 5.57. The Labute approximate surface area is 134 Å². The fraction of sp³-hybridized carbons (Fsp3) is 0.533. The molecule has 0 aromatic carbocycles. The number of aromatic nitrogens is 3. The average Bonchev–Trinajstić information content (AvgIpc) is 2.93. The summed E-state index contributed by atoms with van der Waals surface area (Å²) in [6.45, 7) is 5.28. The number of ether oxygens (including phenoxy) is 1. The molecule has 3 heterocycles. The summed E-state index contributed by atoms with van der Waals surface area (Å²) in [6, 6.07) is 1.80. The highest BCUT2D eigenvalue weighted by atomic mass is 35.5. The Morgan fingerprint density at radius 2 is 2.23 bits per heavy atom. The van der Waals surface area contributed by atoms with Crippen LogP contribution in [0.25, 0.3) is 0 Å². The quantitative estimate of drug-likeness (QED) is 0.843. The van der Waals surface area contributed by atoms with Crippen molar-refractivity contribution in [1.29, 1.82) is 0 Å². The highest BCUT2D eigenvalue weighted by Gasteiger charge is 2.21. The Bertz CT molecular complexity index is 611. The number of rotatable bonds is 5. The maximum Gasteiger partial charge on any atom is 0.240 e. The van der Waals surface area contributed by atoms with Gasteiger partial charge in [-0.1, -0.05) is 16.8 Å². The maximum atomic E-state index is 6.04. The van der Waals surface area contributed by atoms with Crippen LogP contribution in [-0.4, -0.2) is 39.7 Å². The number of pyridine rings is 1. The zero-order valence-electron chi connectivity index (χ0n) is 12.5. The third-order valence-corrected chi connectivity index (χ3v) is 4.13. The molecule has 0 N–H and O–H groups in total. The monoisotopic (exact) mass is 322 g/mol. The third-order valence-electron chi connectivity index (χ3n) is 3.85. The Hall–Kier alpha value is -1.66. The largest absolute Gasteiger partial charge is 0.492 e. The third kappa shape index (κ3) is 3.96. The SMILES string of the molecule is Cc1noc(CN2CCC(COc3ccncc3Cl)CC2)n1. The second kappa shape index (κ2) is 7.07. The molecule has 0 aliphatic carbocycles. The summed E-state index contributed by atoms with van der Waals surface area (Å²) < 4.78 is 11.0. The van der Waals surface area contributed by atoms with Crippen molar-refractivity contribution in [2.75, 3.05) is 19.7 Å². The lowest BCUT2D eigenvalue weighted by Crippen LogP contribution is -2.35. The van der Waals surface area contributed by atoms with Crippen molar-refractivity contribution in [2.24, 2.45) is 5.92 Å². The van der Waals surface area contributed by atoms with Crippen molar-refractivity contribution in [3.05, 3.63) is 35.2 Å². The molecule has 0 saturated carbocycles. The van der Waals surface area contributed by atoms with Gasteiger partial charge >= 0.3 is 0 Å². The minimum atomic E-state index is 0.546. The number of likely N-dealkylation sites (tertiary alicyclic amines) is 1. The van der Waals surface area contributed by atoms with E-state index >= 15 is 0 Å². The van der Waals surface area contributed by atoms with Crippen LogP contribution in [0.2, 0.25) is 5.02 Å². The van der Waals surface area contributed by atoms with E-state index in [2.05, 4.69) is 20.0 Å². The maximum absolute atomic E-state index is 6.04. The molecule has 1 saturated heterocycles. The van der Waals surface area contributed by atoms with E-state index in [9.17, 15) is 0 Å². The lowest BCUT2D eigenvalue weighted by Gasteiger charge is -2.30. The molecular formula is C15H19ClN4O2. The van der Waals surface area contributed by atoms with Gasteiger partial charge in [0.25, 0.3) is 0 Å². The summed E-state index contributed by atoms with van der Waals surface area (Å²) in [7, 11) is 0. The number of aryl methyl sites for hydroxylation is 1. The van der Waals surface area contributed by atoms with E-state index < -0.39 is 0 Å². The van der Waals surface area contributed by atoms with Crippen LogP contribution in [0.3, 0.4) is 0 Å². The van der Waals surface area contributed by atoms with Gasteiger partial charge < -0.3 is 9.26 Å². The molecule has 6 nitrogen and oxygen atoms in total. The van der Waals surface area contributed by atoms with Gasteiger partial charge in [-0.3, -0.25) is 9.88 Å². The Kier molecular flexibility index (Phi) is 4.90. The van der Waals surface area contributed by atoms with Crippen LogP contribution < -0.4 is 4.74 Å². The van der Waals surface area contributed by atoms with Crippen molar-refractivity contribution < 1.29 is 9.26 Å². The molecule has 2 aromatic heterocycles. The van der Waals surface area contributed by atoms with Crippen molar-refractivity contribution in [2.45, 2.75) is 26.3 Å². The highest BCUT2D eigenvalue weighted by molar-refractivity contribution is 6.31. The molecule has 0 amide bonds. The van der Waals surface area contributed by atoms with Crippen LogP contribution in [0.4, 0.5) is 0 Å². The normalized spacial score (nSPS) is 16.8. The lowest BCUT2D eigenvalue weighted by molar-refractivity contribution is 0.126. The van der Waals surface area contributed by atoms with Crippen molar-refractivity contribution >= 4 is 11.6 Å². The van der Waals surface area contributed by atoms with Gasteiger partial charge in [-0.15, -0.1) is 0 Å². The molecule has 2 aromatic rings. The minimum absolute atomic E-state index is 0.546. The van der Waals surface area contributed by atoms with E-state index in [-0.39, 0.29) is 0 Å². The first-order chi connectivity index (χ1) is 10.7. The zero-order valence-corrected chi connectivity index (χ0v) is 13.3. The molecular weight excluding hydrogens is 304 g/mol. The number of nitrogens with zero attached hydrogens (tertiary/aromatic N) is 4. The zero-order chi connectivity index (χ0) is 15.4. The summed E-state index contributed by atoms with van der Waals surface area (Å²) in [5.41, 5.74) is 0. The van der Waals surface area contributed by atoms with Crippen LogP contribution >= 0.6 is 11.6 Å². The van der Waals surface area contributed by atoms with Crippen LogP contribution in [0, 0.1) is 12.8 Å². The fourth-order valence-corrected chi connectivity index (χ4v) is 2.77. The van der Waals surface area contributed by atoms with Gasteiger partial charge in [0.1, 0.15) is 10.8 Å². The number of hydrogen-bond acceptors (Lipinski definition) is 6. The molecule has 1 aliphatic heterocycles. The first kappa shape index (κ1) is 15.2. The van der Waals surface area contributed by atoms with Crippen molar-refractivity contribution in [3.8, 4) is 5.75 Å². The van der Waals surface area contributed by atoms with E-state index in [4.69, 9.17) is 20.9 Å². The Morgan fingerprint density at radius 3 is 2.91 bits per heavy atom. The summed E-state index contributed by atoms with van der Waals surface area (Å²) >= 11 is 6.04. The summed E-state index contributed by atoms with van der Waals surface area (Å²) in [5.74, 6) is 2.63. The average molecular weight is 323 g/mol. The molecule has 7 heteroatoms. The first-order valence-corrected chi connectivity index (χ1v) is 7.82. The van der Waals surface area contributed by atoms with Crippen molar-refractivity contribution in [3.63, 3.8) is 0 Å². The summed E-state index contributed by atoms with van der Waals surface area (Å²) in [6.07, 6.45) is 5.48. The Morgan fingerprint density at radius 1 is 1.41 bits per heavy atom. The van der Waals surface area contributed by atoms with Crippen LogP contribution in [0.15, 0.2) is 23.0 Å². The van der Waals surface area contributed by atoms with Crippen LogP contribution in [0.5, 0.6) is 5.75 Å². The van der Waals surface area contributed by atoms with E-state index in [0.29, 0.717) is 35.0 Å². The van der Waals surface area contributed by atoms with E-state index in [1.807, 2.05) is 6.92 Å². The molecule has 22 heavy (non-hydrogen) atoms. The van der Waals surface area contributed by atoms with Gasteiger partial charge in [-0.05, 0) is 38.8 Å². The second-order valence-corrected chi connectivity index (χ2v) is 5.98. The molecule has 0 spiro atoms. The molecule has 0 bridgehead atoms. The number of halogens is 1.